The molecule has 2 heterocycles. The molecule has 0 saturated carbocycles. The van der Waals surface area contributed by atoms with Gasteiger partial charge >= 0.3 is 0 Å². The van der Waals surface area contributed by atoms with Crippen LogP contribution in [0.2, 0.25) is 0 Å². The number of fused-ring (bicyclic) bond motifs is 1. The van der Waals surface area contributed by atoms with Gasteiger partial charge in [-0.1, -0.05) is 41.5 Å². The van der Waals surface area contributed by atoms with Crippen molar-refractivity contribution < 1.29 is 0 Å². The molecular formula is C15H21NS. The van der Waals surface area contributed by atoms with Crippen LogP contribution in [-0.4, -0.2) is 4.98 Å². The molecule has 0 spiro atoms. The maximum absolute atomic E-state index is 4.73. The third kappa shape index (κ3) is 2.23. The molecule has 1 nitrogen and oxygen atoms in total. The summed E-state index contributed by atoms with van der Waals surface area (Å²) >= 11 is 1.81. The quantitative estimate of drug-likeness (QED) is 0.646. The fraction of sp³-hybridized carbons (Fsp3) is 0.533. The lowest BCUT2D eigenvalue weighted by atomic mass is 9.84. The third-order valence-electron chi connectivity index (χ3n) is 3.01. The summed E-state index contributed by atoms with van der Waals surface area (Å²) < 4.78 is 1.35. The summed E-state index contributed by atoms with van der Waals surface area (Å²) in [6.45, 7) is 13.4. The van der Waals surface area contributed by atoms with Gasteiger partial charge in [-0.15, -0.1) is 11.3 Å². The average Bonchev–Trinajstić information content (AvgIpc) is 2.60. The molecule has 0 fully saturated rings. The van der Waals surface area contributed by atoms with E-state index in [4.69, 9.17) is 4.98 Å². The standard InChI is InChI=1S/C15H21NS/c1-14(2,3)11-9-16-13(15(4,5)6)12-10(11)7-8-17-12/h7-9H,1-6H3. The van der Waals surface area contributed by atoms with E-state index in [9.17, 15) is 0 Å². The van der Waals surface area contributed by atoms with Crippen molar-refractivity contribution in [2.45, 2.75) is 52.4 Å². The molecule has 0 bridgehead atoms. The molecule has 0 atom stereocenters. The number of hydrogen-bond acceptors (Lipinski definition) is 2. The van der Waals surface area contributed by atoms with E-state index in [0.717, 1.165) is 0 Å². The molecular weight excluding hydrogens is 226 g/mol. The Kier molecular flexibility index (Phi) is 2.81. The highest BCUT2D eigenvalue weighted by Crippen LogP contribution is 2.37. The van der Waals surface area contributed by atoms with Crippen molar-refractivity contribution in [1.29, 1.82) is 0 Å². The van der Waals surface area contributed by atoms with Crippen LogP contribution in [0.3, 0.4) is 0 Å². The molecule has 2 aromatic rings. The number of pyridine rings is 1. The lowest BCUT2D eigenvalue weighted by Gasteiger charge is -2.24. The number of rotatable bonds is 0. The maximum atomic E-state index is 4.73. The molecule has 0 aromatic carbocycles. The van der Waals surface area contributed by atoms with Crippen molar-refractivity contribution in [3.63, 3.8) is 0 Å². The van der Waals surface area contributed by atoms with Crippen LogP contribution in [0, 0.1) is 0 Å². The van der Waals surface area contributed by atoms with E-state index in [2.05, 4.69) is 59.2 Å². The van der Waals surface area contributed by atoms with Crippen LogP contribution in [0.1, 0.15) is 52.8 Å². The van der Waals surface area contributed by atoms with E-state index in [1.807, 2.05) is 11.3 Å². The number of aromatic nitrogens is 1. The minimum absolute atomic E-state index is 0.111. The second-order valence-corrected chi connectivity index (χ2v) is 7.60. The minimum Gasteiger partial charge on any atom is -0.259 e. The van der Waals surface area contributed by atoms with Gasteiger partial charge in [0.15, 0.2) is 0 Å². The molecule has 0 amide bonds. The van der Waals surface area contributed by atoms with E-state index >= 15 is 0 Å². The molecule has 0 saturated heterocycles. The van der Waals surface area contributed by atoms with Gasteiger partial charge in [0.1, 0.15) is 0 Å². The molecule has 17 heavy (non-hydrogen) atoms. The van der Waals surface area contributed by atoms with Gasteiger partial charge in [0, 0.05) is 11.6 Å². The monoisotopic (exact) mass is 247 g/mol. The lowest BCUT2D eigenvalue weighted by molar-refractivity contribution is 0.567. The molecule has 2 heteroatoms. The SMILES string of the molecule is CC(C)(C)c1cnc(C(C)(C)C)c2sccc12. The first kappa shape index (κ1) is 12.6. The predicted octanol–water partition coefficient (Wildman–Crippen LogP) is 4.89. The van der Waals surface area contributed by atoms with Gasteiger partial charge in [-0.05, 0) is 27.8 Å². The summed E-state index contributed by atoms with van der Waals surface area (Å²) in [5, 5.41) is 3.55. The lowest BCUT2D eigenvalue weighted by Crippen LogP contribution is -2.17. The van der Waals surface area contributed by atoms with Crippen LogP contribution >= 0.6 is 11.3 Å². The third-order valence-corrected chi connectivity index (χ3v) is 3.93. The second kappa shape index (κ2) is 3.81. The first-order valence-electron chi connectivity index (χ1n) is 6.08. The summed E-state index contributed by atoms with van der Waals surface area (Å²) in [7, 11) is 0. The zero-order valence-corrected chi connectivity index (χ0v) is 12.4. The van der Waals surface area contributed by atoms with Gasteiger partial charge in [-0.3, -0.25) is 4.98 Å². The Morgan fingerprint density at radius 1 is 1.00 bits per heavy atom. The first-order valence-corrected chi connectivity index (χ1v) is 6.96. The highest BCUT2D eigenvalue weighted by Gasteiger charge is 2.24. The Hall–Kier alpha value is -0.890. The van der Waals surface area contributed by atoms with Crippen LogP contribution in [-0.2, 0) is 10.8 Å². The Labute approximate surface area is 108 Å². The molecule has 0 aliphatic carbocycles. The Balaban J connectivity index is 2.76. The summed E-state index contributed by atoms with van der Waals surface area (Å²) in [5.74, 6) is 0. The van der Waals surface area contributed by atoms with E-state index in [0.29, 0.717) is 0 Å². The molecule has 0 unspecified atom stereocenters. The van der Waals surface area contributed by atoms with Crippen molar-refractivity contribution in [3.8, 4) is 0 Å². The molecule has 0 aliphatic rings. The van der Waals surface area contributed by atoms with Gasteiger partial charge in [0.25, 0.3) is 0 Å². The van der Waals surface area contributed by atoms with Gasteiger partial charge in [0.2, 0.25) is 0 Å². The molecule has 0 radical (unpaired) electrons. The van der Waals surface area contributed by atoms with Gasteiger partial charge in [-0.2, -0.15) is 0 Å². The Morgan fingerprint density at radius 3 is 2.18 bits per heavy atom. The van der Waals surface area contributed by atoms with Crippen LogP contribution in [0.15, 0.2) is 17.6 Å². The summed E-state index contributed by atoms with van der Waals surface area (Å²) in [6, 6.07) is 2.23. The maximum Gasteiger partial charge on any atom is 0.0635 e. The fourth-order valence-electron chi connectivity index (χ4n) is 2.09. The van der Waals surface area contributed by atoms with Gasteiger partial charge in [0.05, 0.1) is 10.4 Å². The zero-order chi connectivity index (χ0) is 12.8. The number of nitrogens with zero attached hydrogens (tertiary/aromatic N) is 1. The summed E-state index contributed by atoms with van der Waals surface area (Å²) in [5.41, 5.74) is 2.83. The summed E-state index contributed by atoms with van der Waals surface area (Å²) in [6.07, 6.45) is 2.07. The van der Waals surface area contributed by atoms with Crippen molar-refractivity contribution in [3.05, 3.63) is 28.9 Å². The van der Waals surface area contributed by atoms with Crippen molar-refractivity contribution in [1.82, 2.24) is 4.98 Å². The van der Waals surface area contributed by atoms with Crippen LogP contribution < -0.4 is 0 Å². The molecule has 92 valence electrons. The summed E-state index contributed by atoms with van der Waals surface area (Å²) in [4.78, 5) is 4.73. The zero-order valence-electron chi connectivity index (χ0n) is 11.6. The Bertz CT molecular complexity index is 490. The Morgan fingerprint density at radius 2 is 1.65 bits per heavy atom. The topological polar surface area (TPSA) is 12.9 Å². The molecule has 0 N–H and O–H groups in total. The fourth-order valence-corrected chi connectivity index (χ4v) is 3.21. The van der Waals surface area contributed by atoms with E-state index in [1.54, 1.807) is 0 Å². The van der Waals surface area contributed by atoms with E-state index in [-0.39, 0.29) is 10.8 Å². The first-order chi connectivity index (χ1) is 7.71. The van der Waals surface area contributed by atoms with Crippen molar-refractivity contribution >= 4 is 21.4 Å². The second-order valence-electron chi connectivity index (χ2n) is 6.68. The molecule has 2 aromatic heterocycles. The smallest absolute Gasteiger partial charge is 0.0635 e. The number of thiophene rings is 1. The normalized spacial score (nSPS) is 13.3. The van der Waals surface area contributed by atoms with Crippen LogP contribution in [0.5, 0.6) is 0 Å². The van der Waals surface area contributed by atoms with Crippen molar-refractivity contribution in [2.75, 3.05) is 0 Å². The van der Waals surface area contributed by atoms with E-state index in [1.165, 1.54) is 21.3 Å². The van der Waals surface area contributed by atoms with E-state index < -0.39 is 0 Å². The molecule has 2 rings (SSSR count). The largest absolute Gasteiger partial charge is 0.259 e. The van der Waals surface area contributed by atoms with Gasteiger partial charge < -0.3 is 0 Å². The van der Waals surface area contributed by atoms with Gasteiger partial charge in [-0.25, -0.2) is 0 Å². The molecule has 0 aliphatic heterocycles. The van der Waals surface area contributed by atoms with Crippen LogP contribution in [0.4, 0.5) is 0 Å². The minimum atomic E-state index is 0.111. The average molecular weight is 247 g/mol. The van der Waals surface area contributed by atoms with Crippen molar-refractivity contribution in [2.24, 2.45) is 0 Å². The number of hydrogen-bond donors (Lipinski definition) is 0. The highest BCUT2D eigenvalue weighted by molar-refractivity contribution is 7.17. The highest BCUT2D eigenvalue weighted by atomic mass is 32.1. The van der Waals surface area contributed by atoms with Crippen LogP contribution in [0.25, 0.3) is 10.1 Å². The predicted molar refractivity (Wildman–Crippen MR) is 77.0 cm³/mol.